The third kappa shape index (κ3) is 5.12. The number of hydrogen-bond acceptors (Lipinski definition) is 4. The first-order valence-corrected chi connectivity index (χ1v) is 7.26. The van der Waals surface area contributed by atoms with E-state index in [0.29, 0.717) is 12.8 Å². The predicted octanol–water partition coefficient (Wildman–Crippen LogP) is 1.74. The summed E-state index contributed by atoms with van der Waals surface area (Å²) in [6.07, 6.45) is 1.28. The van der Waals surface area contributed by atoms with Gasteiger partial charge in [0.15, 0.2) is 0 Å². The lowest BCUT2D eigenvalue weighted by Gasteiger charge is -2.31. The van der Waals surface area contributed by atoms with Crippen molar-refractivity contribution in [3.05, 3.63) is 29.8 Å². The lowest BCUT2D eigenvalue weighted by molar-refractivity contribution is 0.110. The fourth-order valence-corrected chi connectivity index (χ4v) is 2.46. The van der Waals surface area contributed by atoms with Crippen LogP contribution in [0.4, 0.5) is 0 Å². The van der Waals surface area contributed by atoms with Gasteiger partial charge in [-0.05, 0) is 38.4 Å². The highest BCUT2D eigenvalue weighted by molar-refractivity contribution is 5.33. The van der Waals surface area contributed by atoms with E-state index < -0.39 is 0 Å². The Labute approximate surface area is 121 Å². The van der Waals surface area contributed by atoms with Crippen molar-refractivity contribution in [2.45, 2.75) is 45.3 Å². The number of ether oxygens (including phenoxy) is 1. The van der Waals surface area contributed by atoms with Crippen LogP contribution in [0.15, 0.2) is 24.3 Å². The van der Waals surface area contributed by atoms with Crippen LogP contribution in [0.3, 0.4) is 0 Å². The van der Waals surface area contributed by atoms with Crippen LogP contribution in [0.5, 0.6) is 5.75 Å². The predicted molar refractivity (Wildman–Crippen MR) is 81.1 cm³/mol. The molecule has 0 radical (unpaired) electrons. The van der Waals surface area contributed by atoms with Gasteiger partial charge in [-0.3, -0.25) is 0 Å². The monoisotopic (exact) mass is 281 g/mol. The zero-order chi connectivity index (χ0) is 15.0. The van der Waals surface area contributed by atoms with E-state index in [2.05, 4.69) is 5.32 Å². The summed E-state index contributed by atoms with van der Waals surface area (Å²) in [4.78, 5) is 0. The molecular formula is C16H27NO3. The number of likely N-dealkylation sites (N-methyl/N-ethyl adjacent to an activating group) is 1. The van der Waals surface area contributed by atoms with Crippen molar-refractivity contribution in [1.29, 1.82) is 0 Å². The van der Waals surface area contributed by atoms with Gasteiger partial charge in [0.05, 0.1) is 12.7 Å². The minimum atomic E-state index is -0.333. The summed E-state index contributed by atoms with van der Waals surface area (Å²) in [7, 11) is 0. The Bertz CT molecular complexity index is 397. The Morgan fingerprint density at radius 2 is 2.00 bits per heavy atom. The summed E-state index contributed by atoms with van der Waals surface area (Å²) in [5.74, 6) is 0.811. The topological polar surface area (TPSA) is 61.7 Å². The van der Waals surface area contributed by atoms with E-state index in [1.54, 1.807) is 0 Å². The molecule has 0 spiro atoms. The lowest BCUT2D eigenvalue weighted by atomic mass is 9.95. The average molecular weight is 281 g/mol. The molecule has 0 saturated carbocycles. The highest BCUT2D eigenvalue weighted by atomic mass is 16.5. The van der Waals surface area contributed by atoms with Crippen LogP contribution in [-0.2, 0) is 6.42 Å². The third-order valence-corrected chi connectivity index (χ3v) is 3.37. The molecule has 0 bridgehead atoms. The van der Waals surface area contributed by atoms with Crippen molar-refractivity contribution in [2.75, 3.05) is 19.8 Å². The van der Waals surface area contributed by atoms with Gasteiger partial charge in [0, 0.05) is 18.6 Å². The number of nitrogens with one attached hydrogen (secondary N) is 1. The average Bonchev–Trinajstić information content (AvgIpc) is 2.41. The Morgan fingerprint density at radius 1 is 1.30 bits per heavy atom. The molecule has 0 amide bonds. The van der Waals surface area contributed by atoms with Gasteiger partial charge in [0.2, 0.25) is 0 Å². The SMILES string of the molecule is CCNC(C)(CO)CC(C)Oc1ccccc1CCO. The normalized spacial score (nSPS) is 15.7. The van der Waals surface area contributed by atoms with Crippen molar-refractivity contribution < 1.29 is 14.9 Å². The van der Waals surface area contributed by atoms with E-state index in [9.17, 15) is 5.11 Å². The second-order valence-corrected chi connectivity index (χ2v) is 5.46. The van der Waals surface area contributed by atoms with Crippen LogP contribution in [0.1, 0.15) is 32.8 Å². The standard InChI is InChI=1S/C16H27NO3/c1-4-17-16(3,12-19)11-13(2)20-15-8-6-5-7-14(15)9-10-18/h5-8,13,17-19H,4,9-12H2,1-3H3. The summed E-state index contributed by atoms with van der Waals surface area (Å²) < 4.78 is 5.98. The maximum atomic E-state index is 9.52. The fourth-order valence-electron chi connectivity index (χ4n) is 2.46. The van der Waals surface area contributed by atoms with E-state index in [1.807, 2.05) is 45.0 Å². The molecule has 2 atom stereocenters. The maximum absolute atomic E-state index is 9.52. The van der Waals surface area contributed by atoms with Crippen LogP contribution in [0.25, 0.3) is 0 Å². The molecule has 3 N–H and O–H groups in total. The van der Waals surface area contributed by atoms with Crippen LogP contribution in [0, 0.1) is 0 Å². The first-order valence-electron chi connectivity index (χ1n) is 7.26. The lowest BCUT2D eigenvalue weighted by Crippen LogP contribution is -2.48. The molecular weight excluding hydrogens is 254 g/mol. The Morgan fingerprint density at radius 3 is 2.60 bits per heavy atom. The third-order valence-electron chi connectivity index (χ3n) is 3.37. The largest absolute Gasteiger partial charge is 0.490 e. The minimum absolute atomic E-state index is 0.0222. The molecule has 20 heavy (non-hydrogen) atoms. The smallest absolute Gasteiger partial charge is 0.122 e. The molecule has 1 aromatic rings. The first-order chi connectivity index (χ1) is 9.54. The quantitative estimate of drug-likeness (QED) is 0.645. The number of hydrogen-bond donors (Lipinski definition) is 3. The van der Waals surface area contributed by atoms with Crippen molar-refractivity contribution >= 4 is 0 Å². The Kier molecular flexibility index (Phi) is 6.99. The van der Waals surface area contributed by atoms with Gasteiger partial charge in [0.25, 0.3) is 0 Å². The van der Waals surface area contributed by atoms with Crippen molar-refractivity contribution in [2.24, 2.45) is 0 Å². The van der Waals surface area contributed by atoms with Gasteiger partial charge in [0.1, 0.15) is 5.75 Å². The second kappa shape index (κ2) is 8.25. The highest BCUT2D eigenvalue weighted by Gasteiger charge is 2.25. The molecule has 0 aliphatic rings. The molecule has 0 saturated heterocycles. The minimum Gasteiger partial charge on any atom is -0.490 e. The highest BCUT2D eigenvalue weighted by Crippen LogP contribution is 2.22. The van der Waals surface area contributed by atoms with Crippen LogP contribution in [-0.4, -0.2) is 41.6 Å². The fraction of sp³-hybridized carbons (Fsp3) is 0.625. The van der Waals surface area contributed by atoms with Crippen molar-refractivity contribution in [3.8, 4) is 5.75 Å². The van der Waals surface area contributed by atoms with Crippen LogP contribution in [0.2, 0.25) is 0 Å². The van der Waals surface area contributed by atoms with E-state index in [1.165, 1.54) is 0 Å². The maximum Gasteiger partial charge on any atom is 0.122 e. The Hall–Kier alpha value is -1.10. The molecule has 4 nitrogen and oxygen atoms in total. The summed E-state index contributed by atoms with van der Waals surface area (Å²) in [6.45, 7) is 7.02. The summed E-state index contributed by atoms with van der Waals surface area (Å²) in [6, 6.07) is 7.76. The summed E-state index contributed by atoms with van der Waals surface area (Å²) in [5.41, 5.74) is 0.677. The van der Waals surface area contributed by atoms with Gasteiger partial charge in [-0.15, -0.1) is 0 Å². The number of aliphatic hydroxyl groups is 2. The number of aliphatic hydroxyl groups excluding tert-OH is 2. The molecule has 0 aliphatic heterocycles. The molecule has 0 aromatic heterocycles. The summed E-state index contributed by atoms with van der Waals surface area (Å²) >= 11 is 0. The number of rotatable bonds is 9. The number of para-hydroxylation sites is 1. The van der Waals surface area contributed by atoms with Gasteiger partial charge in [-0.25, -0.2) is 0 Å². The molecule has 4 heteroatoms. The zero-order valence-electron chi connectivity index (χ0n) is 12.7. The zero-order valence-corrected chi connectivity index (χ0v) is 12.7. The summed E-state index contributed by atoms with van der Waals surface area (Å²) in [5, 5.41) is 21.9. The first kappa shape index (κ1) is 17.0. The molecule has 114 valence electrons. The van der Waals surface area contributed by atoms with E-state index >= 15 is 0 Å². The Balaban J connectivity index is 2.68. The van der Waals surface area contributed by atoms with Crippen LogP contribution >= 0.6 is 0 Å². The molecule has 0 aliphatic carbocycles. The van der Waals surface area contributed by atoms with Gasteiger partial charge in [-0.1, -0.05) is 25.1 Å². The van der Waals surface area contributed by atoms with E-state index in [0.717, 1.165) is 17.9 Å². The van der Waals surface area contributed by atoms with Gasteiger partial charge < -0.3 is 20.3 Å². The van der Waals surface area contributed by atoms with Crippen molar-refractivity contribution in [3.63, 3.8) is 0 Å². The van der Waals surface area contributed by atoms with Gasteiger partial charge >= 0.3 is 0 Å². The molecule has 1 rings (SSSR count). The van der Waals surface area contributed by atoms with Crippen LogP contribution < -0.4 is 10.1 Å². The molecule has 1 aromatic carbocycles. The number of benzene rings is 1. The van der Waals surface area contributed by atoms with E-state index in [4.69, 9.17) is 9.84 Å². The van der Waals surface area contributed by atoms with E-state index in [-0.39, 0.29) is 24.9 Å². The molecule has 2 unspecified atom stereocenters. The molecule has 0 heterocycles. The van der Waals surface area contributed by atoms with Gasteiger partial charge in [-0.2, -0.15) is 0 Å². The molecule has 0 fully saturated rings. The second-order valence-electron chi connectivity index (χ2n) is 5.46. The van der Waals surface area contributed by atoms with Crippen molar-refractivity contribution in [1.82, 2.24) is 5.32 Å².